The molecule has 19 heteroatoms. The zero-order valence-electron chi connectivity index (χ0n) is 66.2. The van der Waals surface area contributed by atoms with Crippen molar-refractivity contribution in [1.29, 1.82) is 0 Å². The van der Waals surface area contributed by atoms with Gasteiger partial charge in [0.1, 0.15) is 19.3 Å². The highest BCUT2D eigenvalue weighted by atomic mass is 31.2. The standard InChI is InChI=1S/C82H160O17P2/c1-7-9-11-13-15-17-18-19-20-21-22-23-24-25-26-29-36-42-48-54-60-66-81(86)99-78(71-93-80(85)65-59-53-47-41-35-30-27-28-33-39-44-50-56-62-74(3)4)73-97-101(90,91)95-69-76(83)68-94-100(88,89)96-72-77(70-92-79(84)64-58-52-46-38-16-14-12-10-8-2)98-82(87)67-61-55-49-43-37-32-31-34-40-45-51-57-63-75(5)6/h74-78,83H,7-73H2,1-6H3,(H,88,89)(H,90,91)/t76-,77+,78+/m0/s1. The van der Waals surface area contributed by atoms with Crippen LogP contribution in [0.2, 0.25) is 0 Å². The summed E-state index contributed by atoms with van der Waals surface area (Å²) in [6.07, 6.45) is 63.9. The van der Waals surface area contributed by atoms with Crippen LogP contribution in [0.4, 0.5) is 0 Å². The summed E-state index contributed by atoms with van der Waals surface area (Å²) >= 11 is 0. The van der Waals surface area contributed by atoms with Gasteiger partial charge in [0, 0.05) is 25.7 Å². The fourth-order valence-corrected chi connectivity index (χ4v) is 14.3. The number of aliphatic hydroxyl groups is 1. The molecule has 0 radical (unpaired) electrons. The van der Waals surface area contributed by atoms with Crippen LogP contribution < -0.4 is 0 Å². The first-order valence-corrected chi connectivity index (χ1v) is 45.5. The lowest BCUT2D eigenvalue weighted by molar-refractivity contribution is -0.161. The first kappa shape index (κ1) is 99.1. The van der Waals surface area contributed by atoms with E-state index < -0.39 is 97.5 Å². The predicted molar refractivity (Wildman–Crippen MR) is 414 cm³/mol. The molecule has 2 unspecified atom stereocenters. The summed E-state index contributed by atoms with van der Waals surface area (Å²) in [5, 5.41) is 10.6. The van der Waals surface area contributed by atoms with E-state index in [9.17, 15) is 43.2 Å². The fraction of sp³-hybridized carbons (Fsp3) is 0.951. The smallest absolute Gasteiger partial charge is 0.462 e. The molecule has 0 amide bonds. The third-order valence-electron chi connectivity index (χ3n) is 19.2. The van der Waals surface area contributed by atoms with Crippen molar-refractivity contribution in [2.75, 3.05) is 39.6 Å². The Balaban J connectivity index is 5.21. The molecule has 0 fully saturated rings. The summed E-state index contributed by atoms with van der Waals surface area (Å²) in [6.45, 7) is 9.65. The largest absolute Gasteiger partial charge is 0.472 e. The second-order valence-electron chi connectivity index (χ2n) is 30.5. The lowest BCUT2D eigenvalue weighted by Crippen LogP contribution is -2.30. The lowest BCUT2D eigenvalue weighted by Gasteiger charge is -2.21. The second-order valence-corrected chi connectivity index (χ2v) is 33.4. The highest BCUT2D eigenvalue weighted by Gasteiger charge is 2.30. The van der Waals surface area contributed by atoms with Crippen LogP contribution in [-0.2, 0) is 65.4 Å². The van der Waals surface area contributed by atoms with Crippen LogP contribution in [0, 0.1) is 11.8 Å². The van der Waals surface area contributed by atoms with E-state index in [0.717, 1.165) is 102 Å². The van der Waals surface area contributed by atoms with Crippen LogP contribution in [-0.4, -0.2) is 96.7 Å². The SMILES string of the molecule is CCCCCCCCCCCCCCCCCCCCCCCC(=O)O[C@H](COC(=O)CCCCCCCCCCCCCCCC(C)C)COP(=O)(O)OC[C@@H](O)COP(=O)(O)OC[C@@H](COC(=O)CCCCCCCCCCC)OC(=O)CCCCCCCCCCCCCCC(C)C. The maximum Gasteiger partial charge on any atom is 0.472 e. The lowest BCUT2D eigenvalue weighted by atomic mass is 10.0. The van der Waals surface area contributed by atoms with E-state index in [4.69, 9.17) is 37.0 Å². The van der Waals surface area contributed by atoms with E-state index in [1.54, 1.807) is 0 Å². The Morgan fingerprint density at radius 3 is 0.673 bits per heavy atom. The van der Waals surface area contributed by atoms with E-state index in [1.165, 1.54) is 250 Å². The molecule has 0 rings (SSSR count). The fourth-order valence-electron chi connectivity index (χ4n) is 12.7. The Kier molecular flexibility index (Phi) is 72.2. The van der Waals surface area contributed by atoms with Crippen molar-refractivity contribution in [2.24, 2.45) is 11.8 Å². The minimum atomic E-state index is -4.96. The molecule has 0 bridgehead atoms. The number of hydrogen-bond acceptors (Lipinski definition) is 15. The van der Waals surface area contributed by atoms with E-state index in [1.807, 2.05) is 0 Å². The molecule has 5 atom stereocenters. The van der Waals surface area contributed by atoms with Crippen LogP contribution in [0.3, 0.4) is 0 Å². The normalized spacial score (nSPS) is 13.9. The zero-order chi connectivity index (χ0) is 74.2. The molecule has 0 spiro atoms. The molecule has 0 aliphatic rings. The molecule has 3 N–H and O–H groups in total. The molecule has 0 aliphatic heterocycles. The van der Waals surface area contributed by atoms with E-state index in [0.29, 0.717) is 25.7 Å². The van der Waals surface area contributed by atoms with Gasteiger partial charge in [-0.05, 0) is 37.5 Å². The van der Waals surface area contributed by atoms with Gasteiger partial charge in [-0.3, -0.25) is 37.3 Å². The summed E-state index contributed by atoms with van der Waals surface area (Å²) in [5.74, 6) is -0.541. The minimum absolute atomic E-state index is 0.107. The third kappa shape index (κ3) is 76.1. The van der Waals surface area contributed by atoms with Crippen molar-refractivity contribution in [1.82, 2.24) is 0 Å². The Labute approximate surface area is 619 Å². The number of carbonyl (C=O) groups excluding carboxylic acids is 4. The maximum absolute atomic E-state index is 13.1. The summed E-state index contributed by atoms with van der Waals surface area (Å²) < 4.78 is 68.7. The highest BCUT2D eigenvalue weighted by Crippen LogP contribution is 2.45. The number of hydrogen-bond donors (Lipinski definition) is 3. The van der Waals surface area contributed by atoms with Crippen LogP contribution in [0.5, 0.6) is 0 Å². The van der Waals surface area contributed by atoms with Crippen molar-refractivity contribution in [3.05, 3.63) is 0 Å². The Hall–Kier alpha value is -1.94. The second kappa shape index (κ2) is 73.6. The first-order valence-electron chi connectivity index (χ1n) is 42.5. The van der Waals surface area contributed by atoms with Gasteiger partial charge in [-0.2, -0.15) is 0 Å². The number of esters is 4. The molecular formula is C82H160O17P2. The van der Waals surface area contributed by atoms with Crippen LogP contribution in [0.15, 0.2) is 0 Å². The summed E-state index contributed by atoms with van der Waals surface area (Å²) in [7, 11) is -9.92. The van der Waals surface area contributed by atoms with Crippen molar-refractivity contribution >= 4 is 39.5 Å². The number of unbranched alkanes of at least 4 members (excludes halogenated alkanes) is 51. The first-order chi connectivity index (χ1) is 48.9. The molecule has 0 aromatic heterocycles. The molecular weight excluding hydrogens is 1320 g/mol. The summed E-state index contributed by atoms with van der Waals surface area (Å²) in [5.41, 5.74) is 0. The van der Waals surface area contributed by atoms with E-state index in [2.05, 4.69) is 41.5 Å². The molecule has 17 nitrogen and oxygen atoms in total. The van der Waals surface area contributed by atoms with Gasteiger partial charge >= 0.3 is 39.5 Å². The van der Waals surface area contributed by atoms with Gasteiger partial charge < -0.3 is 33.8 Å². The number of ether oxygens (including phenoxy) is 4. The molecule has 101 heavy (non-hydrogen) atoms. The average Bonchev–Trinajstić information content (AvgIpc) is 0.960. The topological polar surface area (TPSA) is 237 Å². The Bertz CT molecular complexity index is 1940. The molecule has 0 aliphatic carbocycles. The number of rotatable bonds is 81. The van der Waals surface area contributed by atoms with Crippen molar-refractivity contribution in [2.45, 2.75) is 452 Å². The van der Waals surface area contributed by atoms with Crippen LogP contribution in [0.25, 0.3) is 0 Å². The maximum atomic E-state index is 13.1. The van der Waals surface area contributed by atoms with Crippen molar-refractivity contribution in [3.63, 3.8) is 0 Å². The zero-order valence-corrected chi connectivity index (χ0v) is 68.0. The van der Waals surface area contributed by atoms with Crippen molar-refractivity contribution < 1.29 is 80.2 Å². The Morgan fingerprint density at radius 1 is 0.267 bits per heavy atom. The van der Waals surface area contributed by atoms with Gasteiger partial charge in [-0.25, -0.2) is 9.13 Å². The van der Waals surface area contributed by atoms with Crippen LogP contribution in [0.1, 0.15) is 433 Å². The van der Waals surface area contributed by atoms with Gasteiger partial charge in [-0.15, -0.1) is 0 Å². The number of phosphoric ester groups is 2. The predicted octanol–water partition coefficient (Wildman–Crippen LogP) is 24.7. The number of carbonyl (C=O) groups is 4. The van der Waals surface area contributed by atoms with Crippen LogP contribution >= 0.6 is 15.6 Å². The molecule has 0 aromatic rings. The van der Waals surface area contributed by atoms with E-state index in [-0.39, 0.29) is 25.7 Å². The van der Waals surface area contributed by atoms with Gasteiger partial charge in [0.05, 0.1) is 26.4 Å². The minimum Gasteiger partial charge on any atom is -0.462 e. The molecule has 0 heterocycles. The van der Waals surface area contributed by atoms with Gasteiger partial charge in [0.2, 0.25) is 0 Å². The molecule has 600 valence electrons. The Morgan fingerprint density at radius 2 is 0.455 bits per heavy atom. The molecule has 0 saturated carbocycles. The van der Waals surface area contributed by atoms with Crippen molar-refractivity contribution in [3.8, 4) is 0 Å². The van der Waals surface area contributed by atoms with Gasteiger partial charge in [-0.1, -0.05) is 382 Å². The summed E-state index contributed by atoms with van der Waals surface area (Å²) in [4.78, 5) is 73.0. The molecule has 0 saturated heterocycles. The number of aliphatic hydroxyl groups excluding tert-OH is 1. The average molecular weight is 1480 g/mol. The number of phosphoric acid groups is 2. The van der Waals surface area contributed by atoms with E-state index >= 15 is 0 Å². The summed E-state index contributed by atoms with van der Waals surface area (Å²) in [6, 6.07) is 0. The monoisotopic (exact) mass is 1480 g/mol. The quantitative estimate of drug-likeness (QED) is 0.0222. The van der Waals surface area contributed by atoms with Gasteiger partial charge in [0.25, 0.3) is 0 Å². The molecule has 0 aromatic carbocycles. The third-order valence-corrected chi connectivity index (χ3v) is 21.1. The van der Waals surface area contributed by atoms with Gasteiger partial charge in [0.15, 0.2) is 12.2 Å². The highest BCUT2D eigenvalue weighted by molar-refractivity contribution is 7.47.